The summed E-state index contributed by atoms with van der Waals surface area (Å²) in [5, 5.41) is 9.66. The largest absolute Gasteiger partial charge is 0.341 e. The third kappa shape index (κ3) is 2.76. The van der Waals surface area contributed by atoms with E-state index in [1.165, 1.54) is 19.3 Å². The Labute approximate surface area is 116 Å². The van der Waals surface area contributed by atoms with Gasteiger partial charge >= 0.3 is 0 Å². The number of hydrogen-bond acceptors (Lipinski definition) is 6. The van der Waals surface area contributed by atoms with E-state index in [9.17, 15) is 4.79 Å². The number of aromatic nitrogens is 4. The Bertz CT molecular complexity index is 590. The van der Waals surface area contributed by atoms with E-state index in [-0.39, 0.29) is 0 Å². The summed E-state index contributed by atoms with van der Waals surface area (Å²) in [7, 11) is 0. The molecule has 0 radical (unpaired) electrons. The Kier molecular flexibility index (Phi) is 3.58. The van der Waals surface area contributed by atoms with Crippen molar-refractivity contribution in [3.8, 4) is 0 Å². The van der Waals surface area contributed by atoms with Crippen LogP contribution in [0.3, 0.4) is 0 Å². The van der Waals surface area contributed by atoms with Crippen molar-refractivity contribution >= 4 is 23.9 Å². The lowest BCUT2D eigenvalue weighted by Crippen LogP contribution is -2.31. The molecule has 0 aromatic carbocycles. The topological polar surface area (TPSA) is 86.8 Å². The number of nitrogens with zero attached hydrogens (tertiary/aromatic N) is 4. The number of hydrogen-bond donors (Lipinski definition) is 2. The van der Waals surface area contributed by atoms with E-state index in [2.05, 4.69) is 30.4 Å². The fraction of sp³-hybridized carbons (Fsp3) is 0.385. The van der Waals surface area contributed by atoms with Gasteiger partial charge in [0.1, 0.15) is 5.82 Å². The molecule has 20 heavy (non-hydrogen) atoms. The Hall–Kier alpha value is -2.44. The molecule has 0 aliphatic carbocycles. The maximum absolute atomic E-state index is 10.6. The molecule has 1 aliphatic heterocycles. The summed E-state index contributed by atoms with van der Waals surface area (Å²) < 4.78 is 0. The quantitative estimate of drug-likeness (QED) is 0.824. The molecule has 3 heterocycles. The van der Waals surface area contributed by atoms with Crippen molar-refractivity contribution in [1.29, 1.82) is 0 Å². The predicted molar refractivity (Wildman–Crippen MR) is 75.4 cm³/mol. The minimum atomic E-state index is 0.429. The van der Waals surface area contributed by atoms with E-state index < -0.39 is 0 Å². The molecule has 0 bridgehead atoms. The number of rotatable bonds is 4. The number of carbonyl (C=O) groups excluding carboxylic acids is 1. The van der Waals surface area contributed by atoms with Crippen LogP contribution in [0.25, 0.3) is 0 Å². The van der Waals surface area contributed by atoms with Crippen molar-refractivity contribution in [1.82, 2.24) is 20.2 Å². The van der Waals surface area contributed by atoms with Crippen molar-refractivity contribution in [2.75, 3.05) is 23.3 Å². The van der Waals surface area contributed by atoms with E-state index in [0.717, 1.165) is 25.3 Å². The van der Waals surface area contributed by atoms with Gasteiger partial charge in [0.05, 0.1) is 5.69 Å². The van der Waals surface area contributed by atoms with Gasteiger partial charge in [0.2, 0.25) is 5.95 Å². The normalized spacial score (nSPS) is 15.1. The summed E-state index contributed by atoms with van der Waals surface area (Å²) in [6.45, 7) is 2.00. The first-order chi connectivity index (χ1) is 9.85. The van der Waals surface area contributed by atoms with Crippen LogP contribution in [0.4, 0.5) is 17.6 Å². The molecular weight excluding hydrogens is 256 g/mol. The van der Waals surface area contributed by atoms with Crippen LogP contribution in [0.1, 0.15) is 29.8 Å². The number of H-pyrrole nitrogens is 1. The Morgan fingerprint density at radius 1 is 1.25 bits per heavy atom. The first-order valence-corrected chi connectivity index (χ1v) is 6.71. The molecule has 7 nitrogen and oxygen atoms in total. The number of aldehydes is 1. The molecule has 1 aliphatic rings. The smallest absolute Gasteiger partial charge is 0.227 e. The molecule has 0 atom stereocenters. The van der Waals surface area contributed by atoms with Gasteiger partial charge in [-0.25, -0.2) is 4.98 Å². The standard InChI is InChI=1S/C13H16N6O/c20-9-10-8-12(18-17-10)15-11-4-5-14-13(16-11)19-6-2-1-3-7-19/h4-5,8-9H,1-3,6-7H2,(H2,14,15,16,17,18). The molecule has 2 N–H and O–H groups in total. The van der Waals surface area contributed by atoms with E-state index in [1.54, 1.807) is 18.3 Å². The molecule has 0 saturated carbocycles. The molecule has 1 fully saturated rings. The van der Waals surface area contributed by atoms with Crippen LogP contribution in [0.5, 0.6) is 0 Å². The van der Waals surface area contributed by atoms with Gasteiger partial charge in [-0.05, 0) is 25.3 Å². The van der Waals surface area contributed by atoms with E-state index in [1.807, 2.05) is 0 Å². The summed E-state index contributed by atoms with van der Waals surface area (Å²) in [5.74, 6) is 1.97. The molecule has 0 unspecified atom stereocenters. The predicted octanol–water partition coefficient (Wildman–Crippen LogP) is 1.75. The number of aromatic amines is 1. The lowest BCUT2D eigenvalue weighted by Gasteiger charge is -2.26. The molecule has 104 valence electrons. The molecule has 7 heteroatoms. The highest BCUT2D eigenvalue weighted by Crippen LogP contribution is 2.18. The number of anilines is 3. The number of nitrogens with one attached hydrogen (secondary N) is 2. The SMILES string of the molecule is O=Cc1cc(Nc2ccnc(N3CCCCC3)n2)n[nH]1. The molecular formula is C13H16N6O. The van der Waals surface area contributed by atoms with Gasteiger partial charge in [0, 0.05) is 25.4 Å². The summed E-state index contributed by atoms with van der Waals surface area (Å²) in [4.78, 5) is 21.6. The Balaban J connectivity index is 1.74. The molecule has 3 rings (SSSR count). The monoisotopic (exact) mass is 272 g/mol. The summed E-state index contributed by atoms with van der Waals surface area (Å²) in [6, 6.07) is 3.42. The fourth-order valence-electron chi connectivity index (χ4n) is 2.26. The molecule has 0 amide bonds. The van der Waals surface area contributed by atoms with Crippen LogP contribution >= 0.6 is 0 Å². The number of carbonyl (C=O) groups is 1. The van der Waals surface area contributed by atoms with Gasteiger partial charge in [0.25, 0.3) is 0 Å². The zero-order valence-electron chi connectivity index (χ0n) is 11.0. The first kappa shape index (κ1) is 12.6. The highest BCUT2D eigenvalue weighted by molar-refractivity contribution is 5.74. The molecule has 0 spiro atoms. The lowest BCUT2D eigenvalue weighted by atomic mass is 10.1. The second-order valence-electron chi connectivity index (χ2n) is 4.74. The highest BCUT2D eigenvalue weighted by Gasteiger charge is 2.13. The minimum absolute atomic E-state index is 0.429. The Morgan fingerprint density at radius 3 is 2.85 bits per heavy atom. The Morgan fingerprint density at radius 2 is 2.10 bits per heavy atom. The van der Waals surface area contributed by atoms with Crippen LogP contribution in [0.2, 0.25) is 0 Å². The maximum Gasteiger partial charge on any atom is 0.227 e. The van der Waals surface area contributed by atoms with E-state index in [4.69, 9.17) is 0 Å². The zero-order valence-corrected chi connectivity index (χ0v) is 11.0. The van der Waals surface area contributed by atoms with Gasteiger partial charge in [-0.3, -0.25) is 9.89 Å². The third-order valence-corrected chi connectivity index (χ3v) is 3.26. The summed E-state index contributed by atoms with van der Waals surface area (Å²) in [6.07, 6.45) is 6.09. The second-order valence-corrected chi connectivity index (χ2v) is 4.74. The van der Waals surface area contributed by atoms with Crippen molar-refractivity contribution < 1.29 is 4.79 Å². The van der Waals surface area contributed by atoms with E-state index >= 15 is 0 Å². The molecule has 2 aromatic heterocycles. The van der Waals surface area contributed by atoms with Crippen LogP contribution in [-0.2, 0) is 0 Å². The minimum Gasteiger partial charge on any atom is -0.341 e. The average Bonchev–Trinajstić information content (AvgIpc) is 2.96. The summed E-state index contributed by atoms with van der Waals surface area (Å²) in [5.41, 5.74) is 0.429. The second kappa shape index (κ2) is 5.68. The maximum atomic E-state index is 10.6. The van der Waals surface area contributed by atoms with Crippen molar-refractivity contribution in [2.45, 2.75) is 19.3 Å². The molecule has 1 saturated heterocycles. The number of piperidine rings is 1. The fourth-order valence-corrected chi connectivity index (χ4v) is 2.26. The van der Waals surface area contributed by atoms with Gasteiger partial charge in [-0.15, -0.1) is 0 Å². The highest BCUT2D eigenvalue weighted by atomic mass is 16.1. The van der Waals surface area contributed by atoms with Gasteiger partial charge in [-0.1, -0.05) is 0 Å². The van der Waals surface area contributed by atoms with Gasteiger partial charge < -0.3 is 10.2 Å². The van der Waals surface area contributed by atoms with Crippen LogP contribution in [-0.4, -0.2) is 39.5 Å². The van der Waals surface area contributed by atoms with Gasteiger partial charge in [-0.2, -0.15) is 10.1 Å². The van der Waals surface area contributed by atoms with E-state index in [0.29, 0.717) is 17.3 Å². The van der Waals surface area contributed by atoms with Crippen molar-refractivity contribution in [3.05, 3.63) is 24.0 Å². The van der Waals surface area contributed by atoms with Crippen LogP contribution < -0.4 is 10.2 Å². The van der Waals surface area contributed by atoms with Crippen molar-refractivity contribution in [2.24, 2.45) is 0 Å². The first-order valence-electron chi connectivity index (χ1n) is 6.71. The van der Waals surface area contributed by atoms with Crippen LogP contribution in [0.15, 0.2) is 18.3 Å². The molecule has 2 aromatic rings. The zero-order chi connectivity index (χ0) is 13.8. The van der Waals surface area contributed by atoms with Crippen LogP contribution in [0, 0.1) is 0 Å². The van der Waals surface area contributed by atoms with Crippen molar-refractivity contribution in [3.63, 3.8) is 0 Å². The summed E-state index contributed by atoms with van der Waals surface area (Å²) >= 11 is 0. The lowest BCUT2D eigenvalue weighted by molar-refractivity contribution is 0.111. The third-order valence-electron chi connectivity index (χ3n) is 3.26. The average molecular weight is 272 g/mol. The van der Waals surface area contributed by atoms with Gasteiger partial charge in [0.15, 0.2) is 12.1 Å².